The summed E-state index contributed by atoms with van der Waals surface area (Å²) < 4.78 is 22.6. The minimum Gasteiger partial charge on any atom is -0.459 e. The topological polar surface area (TPSA) is 159 Å². The molecule has 3 rings (SSSR count). The van der Waals surface area contributed by atoms with Crippen molar-refractivity contribution in [3.63, 3.8) is 0 Å². The number of rotatable bonds is 8. The number of urea groups is 1. The Bertz CT molecular complexity index is 882. The summed E-state index contributed by atoms with van der Waals surface area (Å²) in [6.45, 7) is 3.02. The quantitative estimate of drug-likeness (QED) is 0.196. The van der Waals surface area contributed by atoms with Crippen molar-refractivity contribution in [3.05, 3.63) is 44.9 Å². The summed E-state index contributed by atoms with van der Waals surface area (Å²) >= 11 is 5.55. The molecule has 2 amide bonds. The highest BCUT2D eigenvalue weighted by Crippen LogP contribution is 2.38. The van der Waals surface area contributed by atoms with Crippen LogP contribution in [0.4, 0.5) is 10.5 Å². The van der Waals surface area contributed by atoms with Gasteiger partial charge in [0, 0.05) is 18.0 Å². The van der Waals surface area contributed by atoms with E-state index >= 15 is 0 Å². The van der Waals surface area contributed by atoms with E-state index in [0.29, 0.717) is 5.01 Å². The number of hydrogen-bond acceptors (Lipinski definition) is 10. The maximum absolute atomic E-state index is 12.3. The Morgan fingerprint density at radius 3 is 2.53 bits per heavy atom. The lowest BCUT2D eigenvalue weighted by Crippen LogP contribution is -2.48. The van der Waals surface area contributed by atoms with E-state index in [0.717, 1.165) is 0 Å². The first kappa shape index (κ1) is 23.8. The smallest absolute Gasteiger partial charge is 0.342 e. The molecular weight excluding hydrogens is 452 g/mol. The number of carbonyl (C=O) groups excluding carboxylic acids is 2. The first-order chi connectivity index (χ1) is 15.1. The number of amides is 2. The molecule has 1 N–H and O–H groups in total. The summed E-state index contributed by atoms with van der Waals surface area (Å²) in [6.07, 6.45) is -3.20. The molecule has 0 aromatic heterocycles. The third-order valence-electron chi connectivity index (χ3n) is 4.74. The van der Waals surface area contributed by atoms with E-state index in [9.17, 15) is 24.6 Å². The third kappa shape index (κ3) is 5.30. The maximum atomic E-state index is 12.3. The molecule has 0 aliphatic carbocycles. The van der Waals surface area contributed by atoms with Crippen molar-refractivity contribution in [3.8, 4) is 0 Å². The number of nitrogens with one attached hydrogen (secondary N) is 1. The number of hydrogen-bond donors (Lipinski definition) is 1. The molecule has 32 heavy (non-hydrogen) atoms. The van der Waals surface area contributed by atoms with E-state index in [1.807, 2.05) is 0 Å². The highest BCUT2D eigenvalue weighted by molar-refractivity contribution is 6.18. The Morgan fingerprint density at radius 1 is 1.28 bits per heavy atom. The zero-order valence-corrected chi connectivity index (χ0v) is 17.9. The van der Waals surface area contributed by atoms with Crippen LogP contribution in [-0.4, -0.2) is 71.3 Å². The van der Waals surface area contributed by atoms with E-state index in [1.165, 1.54) is 24.3 Å². The summed E-state index contributed by atoms with van der Waals surface area (Å²) in [7, 11) is 0. The molecular formula is C18H21ClN4O9. The Morgan fingerprint density at radius 2 is 1.94 bits per heavy atom. The molecule has 1 aromatic carbocycles. The molecule has 13 nitrogen and oxygen atoms in total. The zero-order valence-electron chi connectivity index (χ0n) is 17.1. The van der Waals surface area contributed by atoms with Gasteiger partial charge in [-0.3, -0.25) is 10.1 Å². The van der Waals surface area contributed by atoms with Gasteiger partial charge < -0.3 is 24.3 Å². The third-order valence-corrected chi connectivity index (χ3v) is 4.91. The molecule has 0 spiro atoms. The van der Waals surface area contributed by atoms with Gasteiger partial charge in [0.1, 0.15) is 24.9 Å². The second-order valence-electron chi connectivity index (χ2n) is 7.41. The van der Waals surface area contributed by atoms with Gasteiger partial charge >= 0.3 is 12.0 Å². The molecule has 0 saturated carbocycles. The van der Waals surface area contributed by atoms with Crippen molar-refractivity contribution in [1.29, 1.82) is 0 Å². The number of benzene rings is 1. The zero-order chi connectivity index (χ0) is 23.5. The summed E-state index contributed by atoms with van der Waals surface area (Å²) in [5.41, 5.74) is -0.0402. The molecule has 4 atom stereocenters. The number of esters is 1. The SMILES string of the molecule is CC1(C)O[C@@H]2[C@@H](O1)[C@@H](NC(=O)N(CCCl)N=O)O[C@@H]2COC(=O)c1ccc([N+](=O)[O-])cc1. The van der Waals surface area contributed by atoms with Crippen molar-refractivity contribution in [1.82, 2.24) is 10.3 Å². The van der Waals surface area contributed by atoms with Gasteiger partial charge in [0.15, 0.2) is 12.0 Å². The maximum Gasteiger partial charge on any atom is 0.342 e. The second kappa shape index (κ2) is 9.73. The summed E-state index contributed by atoms with van der Waals surface area (Å²) in [5, 5.41) is 16.4. The van der Waals surface area contributed by atoms with Crippen LogP contribution in [0.15, 0.2) is 29.6 Å². The standard InChI is InChI=1S/C18H21ClN4O9/c1-18(2)31-13-12(9-29-16(24)10-3-5-11(6-4-10)23(27)28)30-15(14(13)32-18)20-17(25)22(21-26)8-7-19/h3-6,12-15H,7-9H2,1-2H3,(H,20,25)/t12-,13+,14-,15+/m1/s1. The number of nitro groups is 1. The van der Waals surface area contributed by atoms with Gasteiger partial charge in [0.2, 0.25) is 0 Å². The van der Waals surface area contributed by atoms with Gasteiger partial charge in [-0.15, -0.1) is 16.5 Å². The number of nitroso groups, excluding NO2 is 1. The van der Waals surface area contributed by atoms with Gasteiger partial charge in [-0.2, -0.15) is 5.01 Å². The fourth-order valence-corrected chi connectivity index (χ4v) is 3.51. The predicted octanol–water partition coefficient (Wildman–Crippen LogP) is 1.93. The molecule has 1 aromatic rings. The van der Waals surface area contributed by atoms with Gasteiger partial charge in [0.05, 0.1) is 22.3 Å². The number of non-ortho nitro benzene ring substituents is 1. The lowest BCUT2D eigenvalue weighted by atomic mass is 10.1. The first-order valence-corrected chi connectivity index (χ1v) is 10.1. The number of fused-ring (bicyclic) bond motifs is 1. The number of halogens is 1. The predicted molar refractivity (Wildman–Crippen MR) is 108 cm³/mol. The minimum atomic E-state index is -1.00. The van der Waals surface area contributed by atoms with E-state index < -0.39 is 47.3 Å². The first-order valence-electron chi connectivity index (χ1n) is 9.55. The largest absolute Gasteiger partial charge is 0.459 e. The van der Waals surface area contributed by atoms with E-state index in [2.05, 4.69) is 10.6 Å². The molecule has 174 valence electrons. The molecule has 2 saturated heterocycles. The highest BCUT2D eigenvalue weighted by atomic mass is 35.5. The number of nitrogens with zero attached hydrogens (tertiary/aromatic N) is 3. The summed E-state index contributed by atoms with van der Waals surface area (Å²) in [5.74, 6) is -1.70. The van der Waals surface area contributed by atoms with Crippen LogP contribution in [-0.2, 0) is 18.9 Å². The van der Waals surface area contributed by atoms with Crippen LogP contribution in [0, 0.1) is 15.0 Å². The van der Waals surface area contributed by atoms with E-state index in [4.69, 9.17) is 30.5 Å². The van der Waals surface area contributed by atoms with Crippen molar-refractivity contribution < 1.29 is 33.5 Å². The molecule has 2 aliphatic heterocycles. The van der Waals surface area contributed by atoms with Crippen LogP contribution in [0.1, 0.15) is 24.2 Å². The number of nitro benzene ring substituents is 1. The number of alkyl halides is 1. The highest BCUT2D eigenvalue weighted by Gasteiger charge is 2.56. The van der Waals surface area contributed by atoms with Crippen LogP contribution in [0.25, 0.3) is 0 Å². The van der Waals surface area contributed by atoms with Gasteiger partial charge in [-0.1, -0.05) is 0 Å². The molecule has 2 heterocycles. The van der Waals surface area contributed by atoms with Crippen LogP contribution in [0.3, 0.4) is 0 Å². The van der Waals surface area contributed by atoms with Crippen molar-refractivity contribution >= 4 is 29.3 Å². The molecule has 0 radical (unpaired) electrons. The Kier molecular flexibility index (Phi) is 7.23. The fourth-order valence-electron chi connectivity index (χ4n) is 3.35. The average Bonchev–Trinajstić information content (AvgIpc) is 3.23. The molecule has 2 fully saturated rings. The fraction of sp³-hybridized carbons (Fsp3) is 0.556. The Hall–Kier alpha value is -2.87. The van der Waals surface area contributed by atoms with E-state index in [1.54, 1.807) is 13.8 Å². The van der Waals surface area contributed by atoms with Gasteiger partial charge in [-0.25, -0.2) is 9.59 Å². The summed E-state index contributed by atoms with van der Waals surface area (Å²) in [4.78, 5) is 45.6. The second-order valence-corrected chi connectivity index (χ2v) is 7.78. The average molecular weight is 473 g/mol. The van der Waals surface area contributed by atoms with Gasteiger partial charge in [0.25, 0.3) is 5.69 Å². The molecule has 2 aliphatic rings. The monoisotopic (exact) mass is 472 g/mol. The van der Waals surface area contributed by atoms with Crippen LogP contribution in [0.2, 0.25) is 0 Å². The lowest BCUT2D eigenvalue weighted by Gasteiger charge is -2.25. The van der Waals surface area contributed by atoms with Crippen molar-refractivity contribution in [2.75, 3.05) is 19.0 Å². The molecule has 0 bridgehead atoms. The number of ether oxygens (including phenoxy) is 4. The van der Waals surface area contributed by atoms with Crippen LogP contribution >= 0.6 is 11.6 Å². The summed E-state index contributed by atoms with van der Waals surface area (Å²) in [6, 6.07) is 4.10. The normalized spacial score (nSPS) is 25.6. The van der Waals surface area contributed by atoms with Crippen LogP contribution < -0.4 is 5.32 Å². The van der Waals surface area contributed by atoms with E-state index in [-0.39, 0.29) is 30.3 Å². The minimum absolute atomic E-state index is 0.00456. The van der Waals surface area contributed by atoms with Crippen LogP contribution in [0.5, 0.6) is 0 Å². The number of carbonyl (C=O) groups is 2. The molecule has 14 heteroatoms. The van der Waals surface area contributed by atoms with Crippen molar-refractivity contribution in [2.24, 2.45) is 5.29 Å². The van der Waals surface area contributed by atoms with Crippen molar-refractivity contribution in [2.45, 2.75) is 44.2 Å². The Balaban J connectivity index is 1.64. The lowest BCUT2D eigenvalue weighted by molar-refractivity contribution is -0.384. The van der Waals surface area contributed by atoms with Gasteiger partial charge in [-0.05, 0) is 26.0 Å². The molecule has 0 unspecified atom stereocenters. The Labute approximate surface area is 187 Å².